The van der Waals surface area contributed by atoms with Gasteiger partial charge in [0.2, 0.25) is 0 Å². The van der Waals surface area contributed by atoms with Gasteiger partial charge in [0.15, 0.2) is 10.2 Å². The van der Waals surface area contributed by atoms with Crippen LogP contribution in [0, 0.1) is 0 Å². The zero-order valence-corrected chi connectivity index (χ0v) is 12.2. The summed E-state index contributed by atoms with van der Waals surface area (Å²) in [7, 11) is 0. The number of aromatic nitrogens is 2. The predicted molar refractivity (Wildman–Crippen MR) is 80.9 cm³/mol. The van der Waals surface area contributed by atoms with Gasteiger partial charge in [-0.1, -0.05) is 12.1 Å². The molecule has 0 N–H and O–H groups in total. The predicted octanol–water partition coefficient (Wildman–Crippen LogP) is 1.47. The lowest BCUT2D eigenvalue weighted by molar-refractivity contribution is 0.0394. The van der Waals surface area contributed by atoms with Gasteiger partial charge in [0.1, 0.15) is 0 Å². The highest BCUT2D eigenvalue weighted by molar-refractivity contribution is 8.16. The first kappa shape index (κ1) is 13.0. The Labute approximate surface area is 125 Å². The monoisotopic (exact) mass is 302 g/mol. The summed E-state index contributed by atoms with van der Waals surface area (Å²) < 4.78 is 6.95. The number of ether oxygens (including phenoxy) is 1. The molecule has 0 saturated carbocycles. The van der Waals surface area contributed by atoms with E-state index in [2.05, 4.69) is 14.9 Å². The van der Waals surface area contributed by atoms with E-state index in [1.54, 1.807) is 4.57 Å². The Kier molecular flexibility index (Phi) is 3.25. The summed E-state index contributed by atoms with van der Waals surface area (Å²) in [5.41, 5.74) is 1.70. The Morgan fingerprint density at radius 3 is 2.95 bits per heavy atom. The van der Waals surface area contributed by atoms with Crippen LogP contribution >= 0.6 is 11.8 Å². The van der Waals surface area contributed by atoms with Crippen molar-refractivity contribution in [3.63, 3.8) is 0 Å². The minimum absolute atomic E-state index is 0.0723. The van der Waals surface area contributed by atoms with E-state index in [9.17, 15) is 4.79 Å². The first-order valence-corrected chi connectivity index (χ1v) is 7.69. The Morgan fingerprint density at radius 1 is 1.29 bits per heavy atom. The summed E-state index contributed by atoms with van der Waals surface area (Å²) in [5, 5.41) is 1.23. The number of aliphatic imine (C=N–C) groups is 1. The zero-order valence-electron chi connectivity index (χ0n) is 11.4. The SMILES string of the molecule is O=C1C(=NCN2CCOCC2)Sc2nc3ccccc3n21. The van der Waals surface area contributed by atoms with Gasteiger partial charge in [-0.15, -0.1) is 0 Å². The minimum Gasteiger partial charge on any atom is -0.379 e. The van der Waals surface area contributed by atoms with Crippen molar-refractivity contribution >= 4 is 33.7 Å². The number of morpholine rings is 1. The maximum absolute atomic E-state index is 12.5. The Bertz CT molecular complexity index is 734. The van der Waals surface area contributed by atoms with E-state index in [0.717, 1.165) is 37.3 Å². The number of thioether (sulfide) groups is 1. The Balaban J connectivity index is 1.58. The van der Waals surface area contributed by atoms with Gasteiger partial charge in [0.25, 0.3) is 5.91 Å². The number of hydrogen-bond donors (Lipinski definition) is 0. The molecule has 0 atom stereocenters. The molecular formula is C14H14N4O2S. The topological polar surface area (TPSA) is 59.7 Å². The van der Waals surface area contributed by atoms with Gasteiger partial charge in [0, 0.05) is 13.1 Å². The summed E-state index contributed by atoms with van der Waals surface area (Å²) in [6.45, 7) is 3.74. The van der Waals surface area contributed by atoms with Crippen LogP contribution in [0.2, 0.25) is 0 Å². The zero-order chi connectivity index (χ0) is 14.2. The number of fused-ring (bicyclic) bond motifs is 3. The van der Waals surface area contributed by atoms with Gasteiger partial charge >= 0.3 is 0 Å². The van der Waals surface area contributed by atoms with Crippen LogP contribution in [0.3, 0.4) is 0 Å². The van der Waals surface area contributed by atoms with E-state index in [1.165, 1.54) is 11.8 Å². The fraction of sp³-hybridized carbons (Fsp3) is 0.357. The maximum atomic E-state index is 12.5. The van der Waals surface area contributed by atoms with Crippen molar-refractivity contribution in [2.45, 2.75) is 5.16 Å². The van der Waals surface area contributed by atoms with Gasteiger partial charge < -0.3 is 4.74 Å². The van der Waals surface area contributed by atoms with Crippen molar-refractivity contribution in [2.24, 2.45) is 4.99 Å². The number of benzene rings is 1. The van der Waals surface area contributed by atoms with Crippen LogP contribution in [0.5, 0.6) is 0 Å². The quantitative estimate of drug-likeness (QED) is 0.841. The molecule has 3 heterocycles. The molecule has 21 heavy (non-hydrogen) atoms. The van der Waals surface area contributed by atoms with Crippen LogP contribution in [0.15, 0.2) is 34.4 Å². The van der Waals surface area contributed by atoms with Crippen LogP contribution in [0.1, 0.15) is 4.79 Å². The number of carbonyl (C=O) groups is 1. The number of rotatable bonds is 2. The lowest BCUT2D eigenvalue weighted by atomic mass is 10.3. The molecule has 6 nitrogen and oxygen atoms in total. The van der Waals surface area contributed by atoms with Crippen LogP contribution in [-0.2, 0) is 4.74 Å². The second-order valence-electron chi connectivity index (χ2n) is 4.96. The summed E-state index contributed by atoms with van der Waals surface area (Å²) in [5.74, 6) is -0.0723. The number of carbonyl (C=O) groups excluding carboxylic acids is 1. The molecule has 2 aliphatic heterocycles. The second-order valence-corrected chi connectivity index (χ2v) is 5.92. The average molecular weight is 302 g/mol. The van der Waals surface area contributed by atoms with E-state index >= 15 is 0 Å². The van der Waals surface area contributed by atoms with E-state index in [4.69, 9.17) is 4.74 Å². The van der Waals surface area contributed by atoms with Gasteiger partial charge in [-0.2, -0.15) is 0 Å². The molecular weight excluding hydrogens is 288 g/mol. The molecule has 1 aromatic heterocycles. The smallest absolute Gasteiger partial charge is 0.289 e. The standard InChI is InChI=1S/C14H14N4O2S/c19-13-12(15-9-17-5-7-20-8-6-17)21-14-16-10-3-1-2-4-11(10)18(13)14/h1-4H,5-9H2. The third-order valence-electron chi connectivity index (χ3n) is 3.62. The minimum atomic E-state index is -0.0723. The molecule has 2 aliphatic rings. The van der Waals surface area contributed by atoms with Crippen molar-refractivity contribution in [3.8, 4) is 0 Å². The van der Waals surface area contributed by atoms with E-state index in [-0.39, 0.29) is 5.91 Å². The third kappa shape index (κ3) is 2.27. The molecule has 0 bridgehead atoms. The summed E-state index contributed by atoms with van der Waals surface area (Å²) in [4.78, 5) is 23.6. The Hall–Kier alpha value is -1.70. The second kappa shape index (κ2) is 5.25. The molecule has 0 unspecified atom stereocenters. The van der Waals surface area contributed by atoms with Gasteiger partial charge in [0.05, 0.1) is 30.9 Å². The summed E-state index contributed by atoms with van der Waals surface area (Å²) >= 11 is 1.35. The first-order chi connectivity index (χ1) is 10.3. The Morgan fingerprint density at radius 2 is 2.10 bits per heavy atom. The highest BCUT2D eigenvalue weighted by atomic mass is 32.2. The molecule has 0 spiro atoms. The summed E-state index contributed by atoms with van der Waals surface area (Å²) in [6.07, 6.45) is 0. The lowest BCUT2D eigenvalue weighted by Gasteiger charge is -2.24. The van der Waals surface area contributed by atoms with Crippen LogP contribution in [-0.4, -0.2) is 58.4 Å². The van der Waals surface area contributed by atoms with Crippen LogP contribution in [0.4, 0.5) is 0 Å². The molecule has 108 valence electrons. The van der Waals surface area contributed by atoms with Crippen molar-refractivity contribution in [2.75, 3.05) is 33.0 Å². The fourth-order valence-corrected chi connectivity index (χ4v) is 3.39. The maximum Gasteiger partial charge on any atom is 0.289 e. The molecule has 1 fully saturated rings. The van der Waals surface area contributed by atoms with E-state index in [1.807, 2.05) is 24.3 Å². The number of para-hydroxylation sites is 2. The first-order valence-electron chi connectivity index (χ1n) is 6.87. The van der Waals surface area contributed by atoms with Crippen molar-refractivity contribution in [1.82, 2.24) is 14.5 Å². The van der Waals surface area contributed by atoms with Crippen molar-refractivity contribution in [1.29, 1.82) is 0 Å². The molecule has 0 amide bonds. The van der Waals surface area contributed by atoms with Crippen LogP contribution < -0.4 is 0 Å². The number of hydrogen-bond acceptors (Lipinski definition) is 6. The van der Waals surface area contributed by atoms with Crippen molar-refractivity contribution in [3.05, 3.63) is 24.3 Å². The number of imidazole rings is 1. The van der Waals surface area contributed by atoms with E-state index < -0.39 is 0 Å². The van der Waals surface area contributed by atoms with E-state index in [0.29, 0.717) is 16.9 Å². The van der Waals surface area contributed by atoms with Crippen molar-refractivity contribution < 1.29 is 9.53 Å². The molecule has 0 radical (unpaired) electrons. The molecule has 1 aromatic carbocycles. The van der Waals surface area contributed by atoms with Gasteiger partial charge in [-0.25, -0.2) is 4.98 Å². The van der Waals surface area contributed by atoms with Crippen LogP contribution in [0.25, 0.3) is 11.0 Å². The fourth-order valence-electron chi connectivity index (χ4n) is 2.50. The third-order valence-corrected chi connectivity index (χ3v) is 4.58. The number of nitrogens with zero attached hydrogens (tertiary/aromatic N) is 4. The normalized spacial score (nSPS) is 21.3. The van der Waals surface area contributed by atoms with Gasteiger partial charge in [-0.3, -0.25) is 19.3 Å². The molecule has 2 aromatic rings. The molecule has 0 aliphatic carbocycles. The highest BCUT2D eigenvalue weighted by Gasteiger charge is 2.30. The largest absolute Gasteiger partial charge is 0.379 e. The highest BCUT2D eigenvalue weighted by Crippen LogP contribution is 2.31. The molecule has 4 rings (SSSR count). The van der Waals surface area contributed by atoms with Gasteiger partial charge in [-0.05, 0) is 23.9 Å². The molecule has 7 heteroatoms. The average Bonchev–Trinajstić information content (AvgIpc) is 3.03. The summed E-state index contributed by atoms with van der Waals surface area (Å²) in [6, 6.07) is 7.67. The molecule has 1 saturated heterocycles. The lowest BCUT2D eigenvalue weighted by Crippen LogP contribution is -2.36.